The SMILES string of the molecule is COc1ccc(C=CC(=O)OCC2CCCN3CCCCC23)cc1OC. The maximum absolute atomic E-state index is 12.1. The maximum atomic E-state index is 12.1. The molecular weight excluding hydrogens is 330 g/mol. The van der Waals surface area contributed by atoms with E-state index in [4.69, 9.17) is 14.2 Å². The molecule has 5 nitrogen and oxygen atoms in total. The van der Waals surface area contributed by atoms with Gasteiger partial charge in [0.15, 0.2) is 11.5 Å². The van der Waals surface area contributed by atoms with Crippen LogP contribution in [-0.2, 0) is 9.53 Å². The second-order valence-electron chi connectivity index (χ2n) is 7.08. The fourth-order valence-electron chi connectivity index (χ4n) is 4.13. The molecule has 0 bridgehead atoms. The minimum absolute atomic E-state index is 0.285. The van der Waals surface area contributed by atoms with Gasteiger partial charge in [0, 0.05) is 18.0 Å². The zero-order chi connectivity index (χ0) is 18.4. The summed E-state index contributed by atoms with van der Waals surface area (Å²) in [6.45, 7) is 2.93. The molecule has 2 heterocycles. The zero-order valence-electron chi connectivity index (χ0n) is 15.8. The number of ether oxygens (including phenoxy) is 3. The van der Waals surface area contributed by atoms with Crippen molar-refractivity contribution in [1.29, 1.82) is 0 Å². The molecule has 2 aliphatic heterocycles. The minimum Gasteiger partial charge on any atom is -0.493 e. The average molecular weight is 359 g/mol. The van der Waals surface area contributed by atoms with Crippen molar-refractivity contribution in [3.8, 4) is 11.5 Å². The Balaban J connectivity index is 1.53. The molecule has 2 saturated heterocycles. The predicted octanol–water partition coefficient (Wildman–Crippen LogP) is 3.52. The molecule has 0 aromatic heterocycles. The van der Waals surface area contributed by atoms with E-state index >= 15 is 0 Å². The van der Waals surface area contributed by atoms with Gasteiger partial charge in [0.1, 0.15) is 0 Å². The lowest BCUT2D eigenvalue weighted by Crippen LogP contribution is -2.49. The van der Waals surface area contributed by atoms with Gasteiger partial charge in [0.2, 0.25) is 0 Å². The van der Waals surface area contributed by atoms with Crippen molar-refractivity contribution >= 4 is 12.0 Å². The molecule has 1 aromatic rings. The summed E-state index contributed by atoms with van der Waals surface area (Å²) >= 11 is 0. The zero-order valence-corrected chi connectivity index (χ0v) is 15.8. The van der Waals surface area contributed by atoms with Crippen LogP contribution in [0.5, 0.6) is 11.5 Å². The molecule has 0 saturated carbocycles. The predicted molar refractivity (Wildman–Crippen MR) is 101 cm³/mol. The number of methoxy groups -OCH3 is 2. The number of rotatable bonds is 6. The van der Waals surface area contributed by atoms with Crippen molar-refractivity contribution in [3.05, 3.63) is 29.8 Å². The summed E-state index contributed by atoms with van der Waals surface area (Å²) in [6, 6.07) is 6.14. The van der Waals surface area contributed by atoms with Gasteiger partial charge in [-0.2, -0.15) is 0 Å². The first-order valence-corrected chi connectivity index (χ1v) is 9.52. The van der Waals surface area contributed by atoms with Gasteiger partial charge in [-0.1, -0.05) is 12.5 Å². The smallest absolute Gasteiger partial charge is 0.330 e. The summed E-state index contributed by atoms with van der Waals surface area (Å²) in [4.78, 5) is 14.7. The topological polar surface area (TPSA) is 48.0 Å². The third kappa shape index (κ3) is 4.58. The first-order chi connectivity index (χ1) is 12.7. The van der Waals surface area contributed by atoms with Gasteiger partial charge in [-0.3, -0.25) is 4.90 Å². The Morgan fingerprint density at radius 1 is 1.12 bits per heavy atom. The molecular formula is C21H29NO4. The first kappa shape index (κ1) is 18.8. The second kappa shape index (κ2) is 9.08. The highest BCUT2D eigenvalue weighted by molar-refractivity contribution is 5.87. The van der Waals surface area contributed by atoms with Gasteiger partial charge in [-0.25, -0.2) is 4.79 Å². The third-order valence-electron chi connectivity index (χ3n) is 5.49. The van der Waals surface area contributed by atoms with E-state index in [0.717, 1.165) is 12.0 Å². The third-order valence-corrected chi connectivity index (χ3v) is 5.49. The van der Waals surface area contributed by atoms with E-state index in [-0.39, 0.29) is 5.97 Å². The number of hydrogen-bond acceptors (Lipinski definition) is 5. The summed E-state index contributed by atoms with van der Waals surface area (Å²) in [7, 11) is 3.20. The molecule has 1 aromatic carbocycles. The van der Waals surface area contributed by atoms with E-state index in [0.29, 0.717) is 30.1 Å². The molecule has 0 amide bonds. The van der Waals surface area contributed by atoms with E-state index < -0.39 is 0 Å². The first-order valence-electron chi connectivity index (χ1n) is 9.52. The minimum atomic E-state index is -0.285. The molecule has 26 heavy (non-hydrogen) atoms. The number of carbonyl (C=O) groups excluding carboxylic acids is 1. The van der Waals surface area contributed by atoms with Gasteiger partial charge < -0.3 is 14.2 Å². The van der Waals surface area contributed by atoms with Crippen LogP contribution in [-0.4, -0.2) is 50.8 Å². The Morgan fingerprint density at radius 2 is 1.92 bits per heavy atom. The average Bonchev–Trinajstić information content (AvgIpc) is 2.70. The van der Waals surface area contributed by atoms with Crippen molar-refractivity contribution < 1.29 is 19.0 Å². The summed E-state index contributed by atoms with van der Waals surface area (Å²) in [6.07, 6.45) is 9.44. The van der Waals surface area contributed by atoms with Gasteiger partial charge in [0.25, 0.3) is 0 Å². The molecule has 0 aliphatic carbocycles. The molecule has 3 rings (SSSR count). The Hall–Kier alpha value is -2.01. The lowest BCUT2D eigenvalue weighted by atomic mass is 9.84. The molecule has 0 spiro atoms. The van der Waals surface area contributed by atoms with Gasteiger partial charge in [-0.05, 0) is 62.5 Å². The molecule has 2 aliphatic rings. The Bertz CT molecular complexity index is 641. The molecule has 142 valence electrons. The van der Waals surface area contributed by atoms with Crippen molar-refractivity contribution in [2.45, 2.75) is 38.1 Å². The standard InChI is InChI=1S/C21H29NO4/c1-24-19-10-8-16(14-20(19)25-2)9-11-21(23)26-15-17-6-5-13-22-12-4-3-7-18(17)22/h8-11,14,17-18H,3-7,12-13,15H2,1-2H3. The molecule has 2 fully saturated rings. The Morgan fingerprint density at radius 3 is 2.73 bits per heavy atom. The van der Waals surface area contributed by atoms with Crippen LogP contribution in [0, 0.1) is 5.92 Å². The van der Waals surface area contributed by atoms with Crippen LogP contribution in [0.25, 0.3) is 6.08 Å². The van der Waals surface area contributed by atoms with Crippen molar-refractivity contribution in [2.24, 2.45) is 5.92 Å². The van der Waals surface area contributed by atoms with Crippen LogP contribution >= 0.6 is 0 Å². The molecule has 2 atom stereocenters. The van der Waals surface area contributed by atoms with Crippen LogP contribution in [0.3, 0.4) is 0 Å². The van der Waals surface area contributed by atoms with Crippen LogP contribution in [0.2, 0.25) is 0 Å². The van der Waals surface area contributed by atoms with E-state index in [1.807, 2.05) is 18.2 Å². The van der Waals surface area contributed by atoms with Gasteiger partial charge in [0.05, 0.1) is 20.8 Å². The number of benzene rings is 1. The molecule has 5 heteroatoms. The van der Waals surface area contributed by atoms with Crippen LogP contribution in [0.1, 0.15) is 37.7 Å². The number of nitrogens with zero attached hydrogens (tertiary/aromatic N) is 1. The highest BCUT2D eigenvalue weighted by Gasteiger charge is 2.33. The Kier molecular flexibility index (Phi) is 6.56. The van der Waals surface area contributed by atoms with Crippen LogP contribution < -0.4 is 9.47 Å². The fourth-order valence-corrected chi connectivity index (χ4v) is 4.13. The van der Waals surface area contributed by atoms with Crippen LogP contribution in [0.15, 0.2) is 24.3 Å². The summed E-state index contributed by atoms with van der Waals surface area (Å²) < 4.78 is 16.0. The summed E-state index contributed by atoms with van der Waals surface area (Å²) in [5.74, 6) is 1.50. The largest absolute Gasteiger partial charge is 0.493 e. The quantitative estimate of drug-likeness (QED) is 0.574. The highest BCUT2D eigenvalue weighted by atomic mass is 16.5. The number of hydrogen-bond donors (Lipinski definition) is 0. The molecule has 0 radical (unpaired) electrons. The lowest BCUT2D eigenvalue weighted by molar-refractivity contribution is -0.140. The maximum Gasteiger partial charge on any atom is 0.330 e. The van der Waals surface area contributed by atoms with Crippen molar-refractivity contribution in [3.63, 3.8) is 0 Å². The summed E-state index contributed by atoms with van der Waals surface area (Å²) in [5, 5.41) is 0. The van der Waals surface area contributed by atoms with E-state index in [1.165, 1.54) is 44.8 Å². The normalized spacial score (nSPS) is 23.5. The van der Waals surface area contributed by atoms with Gasteiger partial charge in [-0.15, -0.1) is 0 Å². The number of piperidine rings is 2. The molecule has 2 unspecified atom stereocenters. The van der Waals surface area contributed by atoms with Gasteiger partial charge >= 0.3 is 5.97 Å². The number of fused-ring (bicyclic) bond motifs is 1. The van der Waals surface area contributed by atoms with Crippen molar-refractivity contribution in [2.75, 3.05) is 33.9 Å². The summed E-state index contributed by atoms with van der Waals surface area (Å²) in [5.41, 5.74) is 0.871. The lowest BCUT2D eigenvalue weighted by Gasteiger charge is -2.44. The fraction of sp³-hybridized carbons (Fsp3) is 0.571. The van der Waals surface area contributed by atoms with E-state index in [1.54, 1.807) is 20.3 Å². The van der Waals surface area contributed by atoms with Crippen molar-refractivity contribution in [1.82, 2.24) is 4.90 Å². The Labute approximate surface area is 155 Å². The monoisotopic (exact) mass is 359 g/mol. The molecule has 0 N–H and O–H groups in total. The van der Waals surface area contributed by atoms with E-state index in [2.05, 4.69) is 4.90 Å². The number of carbonyl (C=O) groups is 1. The number of esters is 1. The second-order valence-corrected chi connectivity index (χ2v) is 7.08. The van der Waals surface area contributed by atoms with E-state index in [9.17, 15) is 4.79 Å². The highest BCUT2D eigenvalue weighted by Crippen LogP contribution is 2.31. The van der Waals surface area contributed by atoms with Crippen LogP contribution in [0.4, 0.5) is 0 Å².